The van der Waals surface area contributed by atoms with Crippen molar-refractivity contribution >= 4 is 53.4 Å². The van der Waals surface area contributed by atoms with Gasteiger partial charge in [-0.05, 0) is 0 Å². The number of rotatable bonds is 1. The second-order valence-electron chi connectivity index (χ2n) is 2.73. The third-order valence-corrected chi connectivity index (χ3v) is 11.2. The van der Waals surface area contributed by atoms with Crippen molar-refractivity contribution < 1.29 is 0 Å². The molecule has 0 nitrogen and oxygen atoms in total. The van der Waals surface area contributed by atoms with E-state index in [1.807, 2.05) is 0 Å². The van der Waals surface area contributed by atoms with Crippen LogP contribution in [-0.4, -0.2) is 11.6 Å². The number of hydrogen-bond acceptors (Lipinski definition) is 0. The Morgan fingerprint density at radius 2 is 1.33 bits per heavy atom. The molecule has 0 spiro atoms. The minimum absolute atomic E-state index is 1.32. The van der Waals surface area contributed by atoms with E-state index < -0.39 is 11.6 Å². The van der Waals surface area contributed by atoms with Gasteiger partial charge < -0.3 is 0 Å². The van der Waals surface area contributed by atoms with Crippen molar-refractivity contribution in [3.63, 3.8) is 0 Å². The van der Waals surface area contributed by atoms with Gasteiger partial charge >= 0.3 is 96.6 Å². The number of benzene rings is 1. The Balaban J connectivity index is 3.18. The molecule has 12 heavy (non-hydrogen) atoms. The van der Waals surface area contributed by atoms with Gasteiger partial charge in [-0.2, -0.15) is 0 Å². The molecule has 68 valence electrons. The van der Waals surface area contributed by atoms with Gasteiger partial charge in [0.2, 0.25) is 0 Å². The van der Waals surface area contributed by atoms with Gasteiger partial charge in [-0.1, -0.05) is 0 Å². The molecule has 1 rings (SSSR count). The predicted octanol–water partition coefficient (Wildman–Crippen LogP) is 3.63. The first-order valence-electron chi connectivity index (χ1n) is 3.40. The zero-order chi connectivity index (χ0) is 9.35. The molecule has 0 fully saturated rings. The van der Waals surface area contributed by atoms with Gasteiger partial charge in [-0.3, -0.25) is 0 Å². The maximum atomic E-state index is 3.68. The summed E-state index contributed by atoms with van der Waals surface area (Å²) in [4.78, 5) is 0. The van der Waals surface area contributed by atoms with Crippen LogP contribution in [0.15, 0.2) is 18.2 Å². The van der Waals surface area contributed by atoms with Crippen LogP contribution in [0.25, 0.3) is 0 Å². The van der Waals surface area contributed by atoms with Crippen LogP contribution < -0.4 is 3.61 Å². The van der Waals surface area contributed by atoms with Gasteiger partial charge in [0.05, 0.1) is 0 Å². The van der Waals surface area contributed by atoms with Crippen LogP contribution in [0.4, 0.5) is 0 Å². The Morgan fingerprint density at radius 1 is 0.917 bits per heavy atom. The summed E-state index contributed by atoms with van der Waals surface area (Å²) in [7, 11) is 0. The van der Waals surface area contributed by atoms with E-state index in [0.717, 1.165) is 0 Å². The van der Waals surface area contributed by atoms with Gasteiger partial charge in [0.25, 0.3) is 0 Å². The van der Waals surface area contributed by atoms with Crippen LogP contribution in [0.1, 0.15) is 11.1 Å². The average molecular weight is 472 g/mol. The molecule has 0 bridgehead atoms. The summed E-state index contributed by atoms with van der Waals surface area (Å²) in [5.41, 5.74) is 2.64. The summed E-state index contributed by atoms with van der Waals surface area (Å²) in [5.74, 6) is 0. The fourth-order valence-corrected chi connectivity index (χ4v) is 6.65. The first-order chi connectivity index (χ1) is 5.39. The van der Waals surface area contributed by atoms with Gasteiger partial charge in [-0.15, -0.1) is 0 Å². The van der Waals surface area contributed by atoms with Crippen LogP contribution in [0.3, 0.4) is 0 Å². The van der Waals surface area contributed by atoms with E-state index >= 15 is 0 Å². The quantitative estimate of drug-likeness (QED) is 0.548. The molecule has 0 aliphatic heterocycles. The van der Waals surface area contributed by atoms with Gasteiger partial charge in [0.15, 0.2) is 0 Å². The van der Waals surface area contributed by atoms with Crippen molar-refractivity contribution in [2.75, 3.05) is 0 Å². The first kappa shape index (κ1) is 11.5. The molecule has 4 heteroatoms. The molecule has 0 radical (unpaired) electrons. The fourth-order valence-electron chi connectivity index (χ4n) is 1.07. The number of aryl methyl sites for hydroxylation is 2. The Morgan fingerprint density at radius 3 is 1.67 bits per heavy atom. The van der Waals surface area contributed by atoms with Crippen LogP contribution in [0.2, 0.25) is 0 Å². The van der Waals surface area contributed by atoms with Crippen molar-refractivity contribution in [2.45, 2.75) is 13.8 Å². The molecule has 0 N–H and O–H groups in total. The standard InChI is InChI=1S/C8H9Br3Te/c1-6-3-7(2)5-8(4-6)12(9,10)11/h3-5H,1-2H3. The van der Waals surface area contributed by atoms with Crippen molar-refractivity contribution in [2.24, 2.45) is 0 Å². The zero-order valence-corrected chi connectivity index (χ0v) is 13.9. The van der Waals surface area contributed by atoms with E-state index in [-0.39, 0.29) is 0 Å². The summed E-state index contributed by atoms with van der Waals surface area (Å²) >= 11 is 8.87. The molecule has 0 heterocycles. The summed E-state index contributed by atoms with van der Waals surface area (Å²) in [5, 5.41) is 0. The van der Waals surface area contributed by atoms with Gasteiger partial charge in [0, 0.05) is 0 Å². The molecular formula is C8H9Br3Te. The topological polar surface area (TPSA) is 0 Å². The number of halogens is 3. The molecule has 0 saturated heterocycles. The van der Waals surface area contributed by atoms with Crippen LogP contribution in [-0.2, 0) is 0 Å². The monoisotopic (exact) mass is 472 g/mol. The first-order valence-corrected chi connectivity index (χ1v) is 20.2. The summed E-state index contributed by atoms with van der Waals surface area (Å²) < 4.78 is 1.37. The van der Waals surface area contributed by atoms with Crippen molar-refractivity contribution in [3.8, 4) is 0 Å². The van der Waals surface area contributed by atoms with E-state index in [1.54, 1.807) is 0 Å². The Kier molecular flexibility index (Phi) is 4.14. The molecule has 0 amide bonds. The second kappa shape index (κ2) is 4.31. The maximum absolute atomic E-state index is 3.68. The predicted molar refractivity (Wildman–Crippen MR) is 68.1 cm³/mol. The molecule has 0 atom stereocenters. The SMILES string of the molecule is Cc1cc(C)cc([Te](Br)(Br)Br)c1. The fraction of sp³-hybridized carbons (Fsp3) is 0.250. The second-order valence-corrected chi connectivity index (χ2v) is 43.4. The van der Waals surface area contributed by atoms with E-state index in [2.05, 4.69) is 70.3 Å². The molecular weight excluding hydrogens is 463 g/mol. The zero-order valence-electron chi connectivity index (χ0n) is 6.77. The summed E-state index contributed by atoms with van der Waals surface area (Å²) in [6.07, 6.45) is 0. The third kappa shape index (κ3) is 3.30. The van der Waals surface area contributed by atoms with Crippen LogP contribution in [0, 0.1) is 13.8 Å². The molecule has 0 aliphatic carbocycles. The molecule has 0 saturated carbocycles. The van der Waals surface area contributed by atoms with Crippen molar-refractivity contribution in [1.29, 1.82) is 0 Å². The van der Waals surface area contributed by atoms with Gasteiger partial charge in [-0.25, -0.2) is 0 Å². The van der Waals surface area contributed by atoms with Crippen LogP contribution in [0.5, 0.6) is 0 Å². The average Bonchev–Trinajstić information content (AvgIpc) is 1.82. The molecule has 0 aliphatic rings. The van der Waals surface area contributed by atoms with E-state index in [9.17, 15) is 0 Å². The van der Waals surface area contributed by atoms with Crippen LogP contribution >= 0.6 is 38.3 Å². The van der Waals surface area contributed by atoms with Crippen molar-refractivity contribution in [3.05, 3.63) is 29.3 Å². The minimum atomic E-state index is -2.16. The van der Waals surface area contributed by atoms with E-state index in [4.69, 9.17) is 0 Å². The van der Waals surface area contributed by atoms with E-state index in [0.29, 0.717) is 0 Å². The normalized spacial score (nSPS) is 13.1. The molecule has 0 unspecified atom stereocenters. The summed E-state index contributed by atoms with van der Waals surface area (Å²) in [6, 6.07) is 6.61. The number of hydrogen-bond donors (Lipinski definition) is 0. The Labute approximate surface area is 95.3 Å². The third-order valence-electron chi connectivity index (χ3n) is 1.46. The van der Waals surface area contributed by atoms with Crippen molar-refractivity contribution in [1.82, 2.24) is 0 Å². The molecule has 0 aromatic heterocycles. The molecule has 1 aromatic carbocycles. The van der Waals surface area contributed by atoms with Gasteiger partial charge in [0.1, 0.15) is 0 Å². The summed E-state index contributed by atoms with van der Waals surface area (Å²) in [6.45, 7) is 4.25. The Hall–Kier alpha value is 1.45. The Bertz CT molecular complexity index is 271. The van der Waals surface area contributed by atoms with E-state index in [1.165, 1.54) is 14.7 Å². The molecule has 1 aromatic rings.